The van der Waals surface area contributed by atoms with Crippen LogP contribution in [0.4, 0.5) is 0 Å². The molecule has 1 aromatic carbocycles. The number of nitrogens with zero attached hydrogens (tertiary/aromatic N) is 1. The fourth-order valence-corrected chi connectivity index (χ4v) is 4.19. The number of methoxy groups -OCH3 is 1. The van der Waals surface area contributed by atoms with Crippen LogP contribution in [0.3, 0.4) is 0 Å². The van der Waals surface area contributed by atoms with E-state index in [9.17, 15) is 19.2 Å². The van der Waals surface area contributed by atoms with Crippen molar-refractivity contribution in [2.45, 2.75) is 50.2 Å². The molecule has 0 spiro atoms. The molecule has 0 aromatic heterocycles. The van der Waals surface area contributed by atoms with Crippen molar-refractivity contribution in [2.75, 3.05) is 25.7 Å². The summed E-state index contributed by atoms with van der Waals surface area (Å²) < 4.78 is 4.88. The van der Waals surface area contributed by atoms with Crippen molar-refractivity contribution in [1.82, 2.24) is 15.5 Å². The number of thioether (sulfide) groups is 1. The van der Waals surface area contributed by atoms with E-state index >= 15 is 0 Å². The highest BCUT2D eigenvalue weighted by molar-refractivity contribution is 7.98. The van der Waals surface area contributed by atoms with E-state index in [1.807, 2.05) is 36.6 Å². The molecule has 0 radical (unpaired) electrons. The van der Waals surface area contributed by atoms with Gasteiger partial charge in [0.25, 0.3) is 0 Å². The Labute approximate surface area is 187 Å². The zero-order valence-corrected chi connectivity index (χ0v) is 18.9. The number of nitrogens with one attached hydrogen (secondary N) is 2. The number of rotatable bonds is 11. The predicted molar refractivity (Wildman–Crippen MR) is 119 cm³/mol. The van der Waals surface area contributed by atoms with Crippen LogP contribution < -0.4 is 10.6 Å². The third-order valence-electron chi connectivity index (χ3n) is 5.35. The highest BCUT2D eigenvalue weighted by atomic mass is 32.2. The van der Waals surface area contributed by atoms with Crippen molar-refractivity contribution < 1.29 is 23.9 Å². The van der Waals surface area contributed by atoms with E-state index in [2.05, 4.69) is 10.6 Å². The molecular weight excluding hydrogens is 418 g/mol. The van der Waals surface area contributed by atoms with Gasteiger partial charge in [0.1, 0.15) is 18.1 Å². The molecule has 1 heterocycles. The summed E-state index contributed by atoms with van der Waals surface area (Å²) in [6.07, 6.45) is 5.34. The molecule has 31 heavy (non-hydrogen) atoms. The van der Waals surface area contributed by atoms with Gasteiger partial charge in [-0.15, -0.1) is 0 Å². The minimum atomic E-state index is -0.848. The van der Waals surface area contributed by atoms with E-state index in [0.717, 1.165) is 18.4 Å². The largest absolute Gasteiger partial charge is 0.467 e. The molecule has 0 unspecified atom stereocenters. The quantitative estimate of drug-likeness (QED) is 0.388. The Morgan fingerprint density at radius 1 is 1.23 bits per heavy atom. The molecule has 0 bridgehead atoms. The fourth-order valence-electron chi connectivity index (χ4n) is 3.72. The summed E-state index contributed by atoms with van der Waals surface area (Å²) in [5, 5.41) is 5.37. The maximum Gasteiger partial charge on any atom is 0.328 e. The van der Waals surface area contributed by atoms with Crippen LogP contribution in [0.1, 0.15) is 31.2 Å². The maximum absolute atomic E-state index is 13.1. The molecule has 3 atom stereocenters. The fraction of sp³-hybridized carbons (Fsp3) is 0.545. The van der Waals surface area contributed by atoms with Crippen molar-refractivity contribution >= 4 is 36.0 Å². The zero-order chi connectivity index (χ0) is 22.6. The number of hydrogen-bond acceptors (Lipinski definition) is 6. The minimum absolute atomic E-state index is 0.265. The normalized spacial score (nSPS) is 17.9. The lowest BCUT2D eigenvalue weighted by Crippen LogP contribution is -2.58. The summed E-state index contributed by atoms with van der Waals surface area (Å²) >= 11 is 1.58. The van der Waals surface area contributed by atoms with Crippen LogP contribution in [0.2, 0.25) is 0 Å². The first-order chi connectivity index (χ1) is 15.0. The number of esters is 1. The molecule has 2 rings (SSSR count). The van der Waals surface area contributed by atoms with Gasteiger partial charge in [-0.05, 0) is 43.3 Å². The van der Waals surface area contributed by atoms with Gasteiger partial charge in [0.15, 0.2) is 0 Å². The Morgan fingerprint density at radius 3 is 2.61 bits per heavy atom. The molecule has 8 nitrogen and oxygen atoms in total. The number of ether oxygens (including phenoxy) is 1. The Bertz CT molecular complexity index is 746. The van der Waals surface area contributed by atoms with E-state index < -0.39 is 24.1 Å². The van der Waals surface area contributed by atoms with E-state index in [-0.39, 0.29) is 11.8 Å². The zero-order valence-electron chi connectivity index (χ0n) is 18.0. The second-order valence-corrected chi connectivity index (χ2v) is 8.42. The van der Waals surface area contributed by atoms with Crippen LogP contribution in [0, 0.1) is 0 Å². The van der Waals surface area contributed by atoms with Crippen LogP contribution in [0.15, 0.2) is 30.3 Å². The lowest BCUT2D eigenvalue weighted by molar-refractivity contribution is -0.148. The highest BCUT2D eigenvalue weighted by Crippen LogP contribution is 2.20. The Hall–Kier alpha value is -2.55. The molecule has 2 N–H and O–H groups in total. The Kier molecular flexibility index (Phi) is 10.4. The lowest BCUT2D eigenvalue weighted by atomic mass is 9.98. The van der Waals surface area contributed by atoms with Crippen molar-refractivity contribution in [3.8, 4) is 0 Å². The summed E-state index contributed by atoms with van der Waals surface area (Å²) in [6.45, 7) is 0.439. The number of likely N-dealkylation sites (tertiary alicyclic amines) is 1. The molecule has 3 amide bonds. The van der Waals surface area contributed by atoms with Gasteiger partial charge >= 0.3 is 5.97 Å². The molecule has 9 heteroatoms. The van der Waals surface area contributed by atoms with Crippen LogP contribution in [0.25, 0.3) is 0 Å². The number of benzene rings is 1. The SMILES string of the molecule is COC(=O)[C@H](Cc1ccccc1)NC(=O)[C@@H]1CCCCN1C(=O)[C@H](CCSC)NC=O. The topological polar surface area (TPSA) is 105 Å². The number of amides is 3. The average Bonchev–Trinajstić information content (AvgIpc) is 2.81. The molecule has 170 valence electrons. The summed E-state index contributed by atoms with van der Waals surface area (Å²) in [4.78, 5) is 51.0. The number of piperidine rings is 1. The third-order valence-corrected chi connectivity index (χ3v) is 6.00. The molecule has 1 aliphatic heterocycles. The van der Waals surface area contributed by atoms with E-state index in [1.165, 1.54) is 12.0 Å². The predicted octanol–water partition coefficient (Wildman–Crippen LogP) is 1.14. The minimum Gasteiger partial charge on any atom is -0.467 e. The smallest absolute Gasteiger partial charge is 0.328 e. The molecule has 0 aliphatic carbocycles. The van der Waals surface area contributed by atoms with Gasteiger partial charge in [0.2, 0.25) is 18.2 Å². The maximum atomic E-state index is 13.1. The van der Waals surface area contributed by atoms with Crippen molar-refractivity contribution in [1.29, 1.82) is 0 Å². The van der Waals surface area contributed by atoms with E-state index in [4.69, 9.17) is 4.74 Å². The second kappa shape index (κ2) is 13.0. The standard InChI is InChI=1S/C22H31N3O5S/c1-30-22(29)18(14-16-8-4-3-5-9-16)24-20(27)19-10-6-7-12-25(19)21(28)17(23-15-26)11-13-31-2/h3-5,8-9,15,17-19H,6-7,10-14H2,1-2H3,(H,23,26)(H,24,27)/t17-,18-,19-/m0/s1. The first-order valence-electron chi connectivity index (χ1n) is 10.4. The molecule has 1 aromatic rings. The highest BCUT2D eigenvalue weighted by Gasteiger charge is 2.36. The number of carbonyl (C=O) groups excluding carboxylic acids is 4. The van der Waals surface area contributed by atoms with Crippen LogP contribution >= 0.6 is 11.8 Å². The summed E-state index contributed by atoms with van der Waals surface area (Å²) in [7, 11) is 1.28. The van der Waals surface area contributed by atoms with Gasteiger partial charge in [-0.2, -0.15) is 11.8 Å². The first-order valence-corrected chi connectivity index (χ1v) is 11.8. The first kappa shape index (κ1) is 24.7. The van der Waals surface area contributed by atoms with Crippen molar-refractivity contribution in [2.24, 2.45) is 0 Å². The van der Waals surface area contributed by atoms with E-state index in [0.29, 0.717) is 38.0 Å². The van der Waals surface area contributed by atoms with Gasteiger partial charge in [0.05, 0.1) is 7.11 Å². The summed E-state index contributed by atoms with van der Waals surface area (Å²) in [5.41, 5.74) is 0.891. The second-order valence-electron chi connectivity index (χ2n) is 7.44. The Morgan fingerprint density at radius 2 is 1.97 bits per heavy atom. The monoisotopic (exact) mass is 449 g/mol. The molecule has 1 fully saturated rings. The van der Waals surface area contributed by atoms with Gasteiger partial charge in [-0.1, -0.05) is 30.3 Å². The molecule has 1 saturated heterocycles. The van der Waals surface area contributed by atoms with Gasteiger partial charge in [0, 0.05) is 13.0 Å². The number of hydrogen-bond donors (Lipinski definition) is 2. The molecule has 1 aliphatic rings. The number of carbonyl (C=O) groups is 4. The Balaban J connectivity index is 2.13. The average molecular weight is 450 g/mol. The van der Waals surface area contributed by atoms with E-state index in [1.54, 1.807) is 11.8 Å². The van der Waals surface area contributed by atoms with Crippen LogP contribution in [0.5, 0.6) is 0 Å². The molecular formula is C22H31N3O5S. The van der Waals surface area contributed by atoms with Gasteiger partial charge in [-0.3, -0.25) is 14.4 Å². The van der Waals surface area contributed by atoms with Gasteiger partial charge < -0.3 is 20.3 Å². The van der Waals surface area contributed by atoms with Crippen molar-refractivity contribution in [3.63, 3.8) is 0 Å². The van der Waals surface area contributed by atoms with Gasteiger partial charge in [-0.25, -0.2) is 4.79 Å². The van der Waals surface area contributed by atoms with Crippen LogP contribution in [-0.2, 0) is 30.3 Å². The molecule has 0 saturated carbocycles. The summed E-state index contributed by atoms with van der Waals surface area (Å²) in [6, 6.07) is 7.15. The lowest BCUT2D eigenvalue weighted by Gasteiger charge is -2.37. The van der Waals surface area contributed by atoms with Crippen LogP contribution in [-0.4, -0.2) is 72.9 Å². The summed E-state index contributed by atoms with van der Waals surface area (Å²) in [5.74, 6) is -0.470. The third kappa shape index (κ3) is 7.27. The van der Waals surface area contributed by atoms with Crippen molar-refractivity contribution in [3.05, 3.63) is 35.9 Å².